The predicted octanol–water partition coefficient (Wildman–Crippen LogP) is 1.91. The SMILES string of the molecule is Cc1c(C(=O)NCC2(C(=O)O)CC2)cnn1-c1ccc(F)cc1. The summed E-state index contributed by atoms with van der Waals surface area (Å²) in [6.07, 6.45) is 2.58. The monoisotopic (exact) mass is 317 g/mol. The number of aliphatic carboxylic acids is 1. The first-order chi connectivity index (χ1) is 10.9. The number of benzene rings is 1. The molecule has 0 atom stereocenters. The smallest absolute Gasteiger partial charge is 0.311 e. The number of hydrogen-bond donors (Lipinski definition) is 2. The average Bonchev–Trinajstić information content (AvgIpc) is 3.23. The lowest BCUT2D eigenvalue weighted by Crippen LogP contribution is -2.34. The predicted molar refractivity (Wildman–Crippen MR) is 79.9 cm³/mol. The van der Waals surface area contributed by atoms with E-state index in [1.807, 2.05) is 0 Å². The van der Waals surface area contributed by atoms with E-state index >= 15 is 0 Å². The molecule has 2 aromatic rings. The molecule has 1 amide bonds. The topological polar surface area (TPSA) is 84.2 Å². The Kier molecular flexibility index (Phi) is 3.63. The van der Waals surface area contributed by atoms with E-state index in [1.165, 1.54) is 18.3 Å². The van der Waals surface area contributed by atoms with Gasteiger partial charge in [0, 0.05) is 6.54 Å². The normalized spacial score (nSPS) is 15.2. The van der Waals surface area contributed by atoms with Gasteiger partial charge in [-0.25, -0.2) is 9.07 Å². The van der Waals surface area contributed by atoms with Gasteiger partial charge in [-0.3, -0.25) is 9.59 Å². The van der Waals surface area contributed by atoms with Crippen LogP contribution in [0.15, 0.2) is 30.5 Å². The summed E-state index contributed by atoms with van der Waals surface area (Å²) in [5.74, 6) is -1.58. The Morgan fingerprint density at radius 1 is 1.35 bits per heavy atom. The minimum atomic E-state index is -0.878. The minimum absolute atomic E-state index is 0.113. The lowest BCUT2D eigenvalue weighted by Gasteiger charge is -2.11. The zero-order valence-electron chi connectivity index (χ0n) is 12.5. The Bertz CT molecular complexity index is 763. The van der Waals surface area contributed by atoms with Crippen LogP contribution in [-0.4, -0.2) is 33.3 Å². The second kappa shape index (κ2) is 5.49. The second-order valence-electron chi connectivity index (χ2n) is 5.80. The first kappa shape index (κ1) is 15.2. The summed E-state index contributed by atoms with van der Waals surface area (Å²) in [6.45, 7) is 1.84. The molecular weight excluding hydrogens is 301 g/mol. The fraction of sp³-hybridized carbons (Fsp3) is 0.312. The van der Waals surface area contributed by atoms with Gasteiger partial charge < -0.3 is 10.4 Å². The molecule has 6 nitrogen and oxygen atoms in total. The van der Waals surface area contributed by atoms with E-state index in [2.05, 4.69) is 10.4 Å². The van der Waals surface area contributed by atoms with Gasteiger partial charge in [0.05, 0.1) is 28.6 Å². The first-order valence-corrected chi connectivity index (χ1v) is 7.25. The highest BCUT2D eigenvalue weighted by Crippen LogP contribution is 2.45. The van der Waals surface area contributed by atoms with Gasteiger partial charge in [0.2, 0.25) is 0 Å². The molecule has 0 saturated heterocycles. The summed E-state index contributed by atoms with van der Waals surface area (Å²) in [5, 5.41) is 15.9. The van der Waals surface area contributed by atoms with Crippen molar-refractivity contribution < 1.29 is 19.1 Å². The van der Waals surface area contributed by atoms with Crippen molar-refractivity contribution in [1.82, 2.24) is 15.1 Å². The zero-order chi connectivity index (χ0) is 16.6. The summed E-state index contributed by atoms with van der Waals surface area (Å²) in [4.78, 5) is 23.4. The van der Waals surface area contributed by atoms with Crippen molar-refractivity contribution in [2.24, 2.45) is 5.41 Å². The number of nitrogens with one attached hydrogen (secondary N) is 1. The van der Waals surface area contributed by atoms with Gasteiger partial charge in [-0.05, 0) is 44.0 Å². The van der Waals surface area contributed by atoms with Crippen LogP contribution >= 0.6 is 0 Å². The van der Waals surface area contributed by atoms with Crippen molar-refractivity contribution in [3.8, 4) is 5.69 Å². The van der Waals surface area contributed by atoms with Crippen molar-refractivity contribution in [3.63, 3.8) is 0 Å². The molecule has 0 spiro atoms. The summed E-state index contributed by atoms with van der Waals surface area (Å²) >= 11 is 0. The third kappa shape index (κ3) is 2.81. The van der Waals surface area contributed by atoms with Crippen LogP contribution in [0.5, 0.6) is 0 Å². The molecule has 7 heteroatoms. The van der Waals surface area contributed by atoms with Gasteiger partial charge in [-0.2, -0.15) is 5.10 Å². The summed E-state index contributed by atoms with van der Waals surface area (Å²) in [5.41, 5.74) is 0.813. The van der Waals surface area contributed by atoms with Gasteiger partial charge in [-0.15, -0.1) is 0 Å². The lowest BCUT2D eigenvalue weighted by molar-refractivity contribution is -0.143. The molecule has 1 saturated carbocycles. The van der Waals surface area contributed by atoms with E-state index < -0.39 is 11.4 Å². The maximum Gasteiger partial charge on any atom is 0.311 e. The number of carboxylic acid groups (broad SMARTS) is 1. The molecule has 1 aromatic heterocycles. The molecular formula is C16H16FN3O3. The van der Waals surface area contributed by atoms with Gasteiger partial charge in [0.25, 0.3) is 5.91 Å². The van der Waals surface area contributed by atoms with E-state index in [-0.39, 0.29) is 18.3 Å². The number of nitrogens with zero attached hydrogens (tertiary/aromatic N) is 2. The van der Waals surface area contributed by atoms with Crippen LogP contribution in [0, 0.1) is 18.2 Å². The third-order valence-electron chi connectivity index (χ3n) is 4.22. The van der Waals surface area contributed by atoms with Crippen LogP contribution in [0.3, 0.4) is 0 Å². The van der Waals surface area contributed by atoms with E-state index in [4.69, 9.17) is 5.11 Å². The van der Waals surface area contributed by atoms with Gasteiger partial charge in [-0.1, -0.05) is 0 Å². The molecule has 23 heavy (non-hydrogen) atoms. The number of aromatic nitrogens is 2. The largest absolute Gasteiger partial charge is 0.481 e. The second-order valence-corrected chi connectivity index (χ2v) is 5.80. The molecule has 1 aliphatic rings. The molecule has 1 aromatic carbocycles. The Labute approximate surface area is 131 Å². The van der Waals surface area contributed by atoms with Crippen LogP contribution in [0.25, 0.3) is 5.69 Å². The summed E-state index contributed by atoms with van der Waals surface area (Å²) in [7, 11) is 0. The number of rotatable bonds is 5. The molecule has 0 radical (unpaired) electrons. The fourth-order valence-corrected chi connectivity index (χ4v) is 2.44. The highest BCUT2D eigenvalue weighted by Gasteiger charge is 2.50. The maximum atomic E-state index is 13.0. The van der Waals surface area contributed by atoms with Gasteiger partial charge in [0.15, 0.2) is 0 Å². The Hall–Kier alpha value is -2.70. The first-order valence-electron chi connectivity index (χ1n) is 7.25. The molecule has 0 unspecified atom stereocenters. The van der Waals surface area contributed by atoms with Gasteiger partial charge in [0.1, 0.15) is 5.82 Å². The molecule has 0 aliphatic heterocycles. The van der Waals surface area contributed by atoms with E-state index in [0.29, 0.717) is 29.8 Å². The third-order valence-corrected chi connectivity index (χ3v) is 4.22. The molecule has 0 bridgehead atoms. The van der Waals surface area contributed by atoms with Crippen molar-refractivity contribution in [3.05, 3.63) is 47.5 Å². The molecule has 120 valence electrons. The van der Waals surface area contributed by atoms with E-state index in [0.717, 1.165) is 0 Å². The van der Waals surface area contributed by atoms with Crippen molar-refractivity contribution in [2.45, 2.75) is 19.8 Å². The Balaban J connectivity index is 1.75. The van der Waals surface area contributed by atoms with Crippen molar-refractivity contribution >= 4 is 11.9 Å². The maximum absolute atomic E-state index is 13.0. The molecule has 2 N–H and O–H groups in total. The molecule has 1 heterocycles. The minimum Gasteiger partial charge on any atom is -0.481 e. The quantitative estimate of drug-likeness (QED) is 0.882. The van der Waals surface area contributed by atoms with Crippen LogP contribution < -0.4 is 5.32 Å². The number of hydrogen-bond acceptors (Lipinski definition) is 3. The van der Waals surface area contributed by atoms with Crippen molar-refractivity contribution in [1.29, 1.82) is 0 Å². The van der Waals surface area contributed by atoms with E-state index in [1.54, 1.807) is 23.7 Å². The van der Waals surface area contributed by atoms with E-state index in [9.17, 15) is 14.0 Å². The van der Waals surface area contributed by atoms with Crippen LogP contribution in [0.2, 0.25) is 0 Å². The Morgan fingerprint density at radius 2 is 2.00 bits per heavy atom. The number of carbonyl (C=O) groups excluding carboxylic acids is 1. The van der Waals surface area contributed by atoms with Crippen LogP contribution in [0.4, 0.5) is 4.39 Å². The highest BCUT2D eigenvalue weighted by atomic mass is 19.1. The lowest BCUT2D eigenvalue weighted by atomic mass is 10.1. The molecule has 3 rings (SSSR count). The number of amides is 1. The fourth-order valence-electron chi connectivity index (χ4n) is 2.44. The standard InChI is InChI=1S/C16H16FN3O3/c1-10-13(14(21)18-9-16(6-7-16)15(22)23)8-19-20(10)12-4-2-11(17)3-5-12/h2-5,8H,6-7,9H2,1H3,(H,18,21)(H,22,23). The summed E-state index contributed by atoms with van der Waals surface area (Å²) < 4.78 is 14.5. The molecule has 1 fully saturated rings. The van der Waals surface area contributed by atoms with Crippen molar-refractivity contribution in [2.75, 3.05) is 6.54 Å². The van der Waals surface area contributed by atoms with Crippen LogP contribution in [-0.2, 0) is 4.79 Å². The van der Waals surface area contributed by atoms with Crippen LogP contribution in [0.1, 0.15) is 28.9 Å². The number of carbonyl (C=O) groups is 2. The number of carboxylic acids is 1. The van der Waals surface area contributed by atoms with Gasteiger partial charge >= 0.3 is 5.97 Å². The number of halogens is 1. The Morgan fingerprint density at radius 3 is 2.57 bits per heavy atom. The molecule has 1 aliphatic carbocycles. The zero-order valence-corrected chi connectivity index (χ0v) is 12.5. The average molecular weight is 317 g/mol. The summed E-state index contributed by atoms with van der Waals surface area (Å²) in [6, 6.07) is 5.78. The highest BCUT2D eigenvalue weighted by molar-refractivity contribution is 5.95.